The minimum absolute atomic E-state index is 0.362. The largest absolute Gasteiger partial charge is 0.298 e. The summed E-state index contributed by atoms with van der Waals surface area (Å²) in [7, 11) is 0. The van der Waals surface area contributed by atoms with E-state index in [0.717, 1.165) is 24.3 Å². The summed E-state index contributed by atoms with van der Waals surface area (Å²) in [5.41, 5.74) is 1.41. The van der Waals surface area contributed by atoms with Crippen molar-refractivity contribution >= 4 is 17.5 Å². The fourth-order valence-corrected chi connectivity index (χ4v) is 3.31. The Hall–Kier alpha value is -0.760. The predicted octanol–water partition coefficient (Wildman–Crippen LogP) is 3.33. The highest BCUT2D eigenvalue weighted by Gasteiger charge is 2.23. The van der Waals surface area contributed by atoms with Gasteiger partial charge in [0.25, 0.3) is 0 Å². The van der Waals surface area contributed by atoms with Crippen LogP contribution in [0.4, 0.5) is 0 Å². The zero-order chi connectivity index (χ0) is 11.2. The van der Waals surface area contributed by atoms with E-state index in [4.69, 9.17) is 0 Å². The molecule has 1 aliphatic rings. The van der Waals surface area contributed by atoms with Gasteiger partial charge in [-0.1, -0.05) is 36.8 Å². The van der Waals surface area contributed by atoms with Crippen molar-refractivity contribution < 1.29 is 4.79 Å². The maximum absolute atomic E-state index is 11.4. The first-order chi connectivity index (χ1) is 7.86. The molecule has 1 aromatic carbocycles. The fraction of sp³-hybridized carbons (Fsp3) is 0.500. The van der Waals surface area contributed by atoms with Crippen molar-refractivity contribution in [3.63, 3.8) is 0 Å². The van der Waals surface area contributed by atoms with Crippen LogP contribution in [0.1, 0.15) is 24.8 Å². The van der Waals surface area contributed by atoms with Gasteiger partial charge in [-0.2, -0.15) is 11.8 Å². The van der Waals surface area contributed by atoms with E-state index in [1.54, 1.807) is 11.8 Å². The SMILES string of the molecule is O=C1CSCC1CCCCc1ccccc1. The quantitative estimate of drug-likeness (QED) is 0.727. The van der Waals surface area contributed by atoms with Crippen LogP contribution in [0.2, 0.25) is 0 Å². The normalized spacial score (nSPS) is 20.2. The molecule has 0 amide bonds. The van der Waals surface area contributed by atoms with Gasteiger partial charge in [-0.3, -0.25) is 4.79 Å². The van der Waals surface area contributed by atoms with Gasteiger partial charge in [0.05, 0.1) is 5.75 Å². The molecule has 1 aromatic rings. The number of benzene rings is 1. The highest BCUT2D eigenvalue weighted by atomic mass is 32.2. The van der Waals surface area contributed by atoms with Crippen LogP contribution in [0.5, 0.6) is 0 Å². The number of carbonyl (C=O) groups is 1. The van der Waals surface area contributed by atoms with Gasteiger partial charge < -0.3 is 0 Å². The number of ketones is 1. The van der Waals surface area contributed by atoms with Gasteiger partial charge >= 0.3 is 0 Å². The van der Waals surface area contributed by atoms with Crippen molar-refractivity contribution in [2.75, 3.05) is 11.5 Å². The summed E-state index contributed by atoms with van der Waals surface area (Å²) < 4.78 is 0. The van der Waals surface area contributed by atoms with Gasteiger partial charge in [-0.25, -0.2) is 0 Å². The van der Waals surface area contributed by atoms with Crippen molar-refractivity contribution in [2.24, 2.45) is 5.92 Å². The first kappa shape index (κ1) is 11.7. The molecule has 1 aliphatic heterocycles. The summed E-state index contributed by atoms with van der Waals surface area (Å²) in [5, 5.41) is 0. The second kappa shape index (κ2) is 6.09. The molecule has 86 valence electrons. The molecule has 0 radical (unpaired) electrons. The first-order valence-electron chi connectivity index (χ1n) is 6.00. The molecule has 0 spiro atoms. The van der Waals surface area contributed by atoms with Crippen molar-refractivity contribution in [3.8, 4) is 0 Å². The van der Waals surface area contributed by atoms with Gasteiger partial charge in [0.1, 0.15) is 5.78 Å². The minimum Gasteiger partial charge on any atom is -0.298 e. The van der Waals surface area contributed by atoms with E-state index in [-0.39, 0.29) is 0 Å². The van der Waals surface area contributed by atoms with Crippen LogP contribution in [-0.4, -0.2) is 17.3 Å². The lowest BCUT2D eigenvalue weighted by Crippen LogP contribution is -2.10. The number of rotatable bonds is 5. The number of Topliss-reactive ketones (excluding diaryl/α,β-unsaturated/α-hetero) is 1. The summed E-state index contributed by atoms with van der Waals surface area (Å²) in [6.45, 7) is 0. The molecule has 2 rings (SSSR count). The number of aryl methyl sites for hydroxylation is 1. The maximum Gasteiger partial charge on any atom is 0.146 e. The lowest BCUT2D eigenvalue weighted by molar-refractivity contribution is -0.119. The molecule has 0 aromatic heterocycles. The van der Waals surface area contributed by atoms with E-state index < -0.39 is 0 Å². The molecule has 0 bridgehead atoms. The van der Waals surface area contributed by atoms with E-state index in [1.165, 1.54) is 18.4 Å². The van der Waals surface area contributed by atoms with E-state index in [9.17, 15) is 4.79 Å². The molecule has 1 nitrogen and oxygen atoms in total. The fourth-order valence-electron chi connectivity index (χ4n) is 2.12. The van der Waals surface area contributed by atoms with E-state index >= 15 is 0 Å². The van der Waals surface area contributed by atoms with Crippen LogP contribution in [0, 0.1) is 5.92 Å². The number of carbonyl (C=O) groups excluding carboxylic acids is 1. The second-order valence-electron chi connectivity index (χ2n) is 4.41. The number of hydrogen-bond acceptors (Lipinski definition) is 2. The second-order valence-corrected chi connectivity index (χ2v) is 5.44. The molecule has 1 fully saturated rings. The van der Waals surface area contributed by atoms with E-state index in [0.29, 0.717) is 11.7 Å². The predicted molar refractivity (Wildman–Crippen MR) is 69.8 cm³/mol. The van der Waals surface area contributed by atoms with Gasteiger partial charge in [0.2, 0.25) is 0 Å². The highest BCUT2D eigenvalue weighted by Crippen LogP contribution is 2.24. The van der Waals surface area contributed by atoms with Crippen LogP contribution in [-0.2, 0) is 11.2 Å². The van der Waals surface area contributed by atoms with E-state index in [2.05, 4.69) is 30.3 Å². The molecule has 16 heavy (non-hydrogen) atoms. The summed E-state index contributed by atoms with van der Waals surface area (Å²) in [6.07, 6.45) is 4.64. The standard InChI is InChI=1S/C14H18OS/c15-14-11-16-10-13(14)9-5-4-8-12-6-2-1-3-7-12/h1-3,6-7,13H,4-5,8-11H2. The lowest BCUT2D eigenvalue weighted by Gasteiger charge is -2.06. The van der Waals surface area contributed by atoms with Crippen molar-refractivity contribution in [2.45, 2.75) is 25.7 Å². The van der Waals surface area contributed by atoms with Crippen molar-refractivity contribution in [3.05, 3.63) is 35.9 Å². The van der Waals surface area contributed by atoms with Gasteiger partial charge in [-0.15, -0.1) is 0 Å². The van der Waals surface area contributed by atoms with Crippen LogP contribution < -0.4 is 0 Å². The third-order valence-electron chi connectivity index (χ3n) is 3.13. The van der Waals surface area contributed by atoms with Gasteiger partial charge in [0.15, 0.2) is 0 Å². The molecular weight excluding hydrogens is 216 g/mol. The number of hydrogen-bond donors (Lipinski definition) is 0. The molecule has 1 heterocycles. The summed E-state index contributed by atoms with van der Waals surface area (Å²) in [4.78, 5) is 11.4. The molecule has 0 N–H and O–H groups in total. The smallest absolute Gasteiger partial charge is 0.146 e. The third kappa shape index (κ3) is 3.38. The Labute approximate surface area is 102 Å². The molecule has 1 saturated heterocycles. The molecule has 1 unspecified atom stereocenters. The zero-order valence-corrected chi connectivity index (χ0v) is 10.3. The Kier molecular flexibility index (Phi) is 4.46. The van der Waals surface area contributed by atoms with Crippen LogP contribution >= 0.6 is 11.8 Å². The lowest BCUT2D eigenvalue weighted by atomic mass is 9.98. The monoisotopic (exact) mass is 234 g/mol. The molecule has 0 aliphatic carbocycles. The highest BCUT2D eigenvalue weighted by molar-refractivity contribution is 8.00. The average Bonchev–Trinajstić information content (AvgIpc) is 2.72. The van der Waals surface area contributed by atoms with Crippen LogP contribution in [0.25, 0.3) is 0 Å². The number of thioether (sulfide) groups is 1. The van der Waals surface area contributed by atoms with Crippen LogP contribution in [0.15, 0.2) is 30.3 Å². The average molecular weight is 234 g/mol. The molecule has 1 atom stereocenters. The topological polar surface area (TPSA) is 17.1 Å². The Morgan fingerprint density at radius 2 is 2.00 bits per heavy atom. The maximum atomic E-state index is 11.4. The Balaban J connectivity index is 1.64. The summed E-state index contributed by atoms with van der Waals surface area (Å²) >= 11 is 1.80. The van der Waals surface area contributed by atoms with Crippen molar-refractivity contribution in [1.29, 1.82) is 0 Å². The summed E-state index contributed by atoms with van der Waals surface area (Å²) in [5.74, 6) is 2.65. The van der Waals surface area contributed by atoms with Crippen molar-refractivity contribution in [1.82, 2.24) is 0 Å². The van der Waals surface area contributed by atoms with Gasteiger partial charge in [-0.05, 0) is 24.8 Å². The van der Waals surface area contributed by atoms with Crippen LogP contribution in [0.3, 0.4) is 0 Å². The summed E-state index contributed by atoms with van der Waals surface area (Å²) in [6, 6.07) is 10.6. The number of unbranched alkanes of at least 4 members (excludes halogenated alkanes) is 1. The third-order valence-corrected chi connectivity index (χ3v) is 4.26. The first-order valence-corrected chi connectivity index (χ1v) is 7.16. The molecule has 2 heteroatoms. The zero-order valence-electron chi connectivity index (χ0n) is 9.52. The van der Waals surface area contributed by atoms with E-state index in [1.807, 2.05) is 0 Å². The Morgan fingerprint density at radius 1 is 1.19 bits per heavy atom. The van der Waals surface area contributed by atoms with Gasteiger partial charge in [0, 0.05) is 11.7 Å². The molecule has 0 saturated carbocycles. The minimum atomic E-state index is 0.362. The molecular formula is C14H18OS. The Bertz CT molecular complexity index is 334. The Morgan fingerprint density at radius 3 is 2.69 bits per heavy atom.